The average molecular weight is 352 g/mol. The second-order valence-electron chi connectivity index (χ2n) is 5.39. The summed E-state index contributed by atoms with van der Waals surface area (Å²) < 4.78 is 26.7. The van der Waals surface area contributed by atoms with Crippen molar-refractivity contribution in [2.24, 2.45) is 0 Å². The molecular weight excluding hydrogens is 336 g/mol. The number of Topliss-reactive ketones (excluding diaryl/α,β-unsaturated/α-hetero) is 1. The summed E-state index contributed by atoms with van der Waals surface area (Å²) in [6, 6.07) is 19.2. The molecule has 0 aliphatic rings. The topological polar surface area (TPSA) is 76.1 Å². The number of nitrogens with zero attached hydrogens (tertiary/aromatic N) is 1. The standard InChI is InChI=1S/C19H16N2O3S/c22-19(14-21-25(23,24)18-9-5-2-6-10-18)17-11-16(12-20-13-17)15-7-3-1-4-8-15/h1-13,21H,14H2. The number of benzene rings is 2. The van der Waals surface area contributed by atoms with Crippen molar-refractivity contribution in [3.8, 4) is 11.1 Å². The molecule has 6 heteroatoms. The van der Waals surface area contributed by atoms with Crippen LogP contribution in [0.2, 0.25) is 0 Å². The van der Waals surface area contributed by atoms with Gasteiger partial charge in [0.1, 0.15) is 0 Å². The van der Waals surface area contributed by atoms with Gasteiger partial charge in [-0.1, -0.05) is 48.5 Å². The summed E-state index contributed by atoms with van der Waals surface area (Å²) in [4.78, 5) is 16.5. The average Bonchev–Trinajstić information content (AvgIpc) is 2.68. The predicted molar refractivity (Wildman–Crippen MR) is 95.6 cm³/mol. The second kappa shape index (κ2) is 7.38. The van der Waals surface area contributed by atoms with Crippen LogP contribution in [0.5, 0.6) is 0 Å². The van der Waals surface area contributed by atoms with Gasteiger partial charge in [-0.2, -0.15) is 0 Å². The fourth-order valence-corrected chi connectivity index (χ4v) is 3.33. The van der Waals surface area contributed by atoms with E-state index in [2.05, 4.69) is 9.71 Å². The third-order valence-corrected chi connectivity index (χ3v) is 5.06. The quantitative estimate of drug-likeness (QED) is 0.692. The van der Waals surface area contributed by atoms with Gasteiger partial charge in [0.25, 0.3) is 0 Å². The molecule has 126 valence electrons. The van der Waals surface area contributed by atoms with Crippen LogP contribution in [0.1, 0.15) is 10.4 Å². The van der Waals surface area contributed by atoms with E-state index >= 15 is 0 Å². The van der Waals surface area contributed by atoms with Crippen molar-refractivity contribution in [1.82, 2.24) is 9.71 Å². The SMILES string of the molecule is O=C(CNS(=O)(=O)c1ccccc1)c1cncc(-c2ccccc2)c1. The zero-order chi connectivity index (χ0) is 17.7. The lowest BCUT2D eigenvalue weighted by Crippen LogP contribution is -2.29. The van der Waals surface area contributed by atoms with Crippen LogP contribution in [0, 0.1) is 0 Å². The molecular formula is C19H16N2O3S. The first-order valence-electron chi connectivity index (χ1n) is 7.65. The largest absolute Gasteiger partial charge is 0.293 e. The fourth-order valence-electron chi connectivity index (χ4n) is 2.33. The maximum Gasteiger partial charge on any atom is 0.240 e. The number of hydrogen-bond donors (Lipinski definition) is 1. The number of ketones is 1. The van der Waals surface area contributed by atoms with Crippen molar-refractivity contribution in [3.63, 3.8) is 0 Å². The lowest BCUT2D eigenvalue weighted by molar-refractivity contribution is 0.0996. The number of aromatic nitrogens is 1. The van der Waals surface area contributed by atoms with Gasteiger partial charge in [-0.25, -0.2) is 13.1 Å². The number of carbonyl (C=O) groups excluding carboxylic acids is 1. The summed E-state index contributed by atoms with van der Waals surface area (Å²) in [5, 5.41) is 0. The molecule has 0 unspecified atom stereocenters. The predicted octanol–water partition coefficient (Wildman–Crippen LogP) is 2.91. The summed E-state index contributed by atoms with van der Waals surface area (Å²) in [6.45, 7) is -0.322. The first-order chi connectivity index (χ1) is 12.1. The van der Waals surface area contributed by atoms with Crippen molar-refractivity contribution < 1.29 is 13.2 Å². The number of nitrogens with one attached hydrogen (secondary N) is 1. The van der Waals surface area contributed by atoms with E-state index in [4.69, 9.17) is 0 Å². The van der Waals surface area contributed by atoms with E-state index in [0.29, 0.717) is 5.56 Å². The van der Waals surface area contributed by atoms with Crippen molar-refractivity contribution in [2.45, 2.75) is 4.90 Å². The van der Waals surface area contributed by atoms with Gasteiger partial charge in [-0.05, 0) is 23.8 Å². The summed E-state index contributed by atoms with van der Waals surface area (Å²) >= 11 is 0. The van der Waals surface area contributed by atoms with Crippen molar-refractivity contribution in [3.05, 3.63) is 84.7 Å². The number of hydrogen-bond acceptors (Lipinski definition) is 4. The van der Waals surface area contributed by atoms with Crippen molar-refractivity contribution >= 4 is 15.8 Å². The van der Waals surface area contributed by atoms with E-state index in [1.54, 1.807) is 30.5 Å². The molecule has 3 rings (SSSR count). The van der Waals surface area contributed by atoms with E-state index in [9.17, 15) is 13.2 Å². The van der Waals surface area contributed by atoms with E-state index in [1.165, 1.54) is 18.3 Å². The molecule has 0 saturated heterocycles. The van der Waals surface area contributed by atoms with Crippen LogP contribution in [0.25, 0.3) is 11.1 Å². The van der Waals surface area contributed by atoms with Gasteiger partial charge in [0.15, 0.2) is 5.78 Å². The van der Waals surface area contributed by atoms with Gasteiger partial charge in [0.05, 0.1) is 11.4 Å². The van der Waals surface area contributed by atoms with Gasteiger partial charge in [0, 0.05) is 23.5 Å². The smallest absolute Gasteiger partial charge is 0.240 e. The number of carbonyl (C=O) groups is 1. The van der Waals surface area contributed by atoms with Gasteiger partial charge >= 0.3 is 0 Å². The third-order valence-electron chi connectivity index (χ3n) is 3.64. The van der Waals surface area contributed by atoms with Gasteiger partial charge in [-0.15, -0.1) is 0 Å². The zero-order valence-corrected chi connectivity index (χ0v) is 14.1. The highest BCUT2D eigenvalue weighted by Crippen LogP contribution is 2.19. The Hall–Kier alpha value is -2.83. The molecule has 1 heterocycles. The molecule has 3 aromatic rings. The van der Waals surface area contributed by atoms with E-state index in [0.717, 1.165) is 11.1 Å². The maximum absolute atomic E-state index is 12.3. The molecule has 5 nitrogen and oxygen atoms in total. The third kappa shape index (κ3) is 4.17. The first kappa shape index (κ1) is 17.0. The van der Waals surface area contributed by atoms with Crippen LogP contribution >= 0.6 is 0 Å². The normalized spacial score (nSPS) is 11.2. The Kier molecular flexibility index (Phi) is 5.02. The van der Waals surface area contributed by atoms with Crippen LogP contribution in [0.3, 0.4) is 0 Å². The summed E-state index contributed by atoms with van der Waals surface area (Å²) in [5.74, 6) is -0.343. The molecule has 0 aliphatic heterocycles. The molecule has 0 amide bonds. The molecule has 0 fully saturated rings. The summed E-state index contributed by atoms with van der Waals surface area (Å²) in [6.07, 6.45) is 3.10. The molecule has 0 radical (unpaired) electrons. The fraction of sp³-hybridized carbons (Fsp3) is 0.0526. The highest BCUT2D eigenvalue weighted by Gasteiger charge is 2.16. The first-order valence-corrected chi connectivity index (χ1v) is 9.13. The molecule has 0 spiro atoms. The Bertz CT molecular complexity index is 972. The molecule has 0 saturated carbocycles. The minimum atomic E-state index is -3.72. The number of rotatable bonds is 6. The summed E-state index contributed by atoms with van der Waals surface area (Å²) in [5.41, 5.74) is 2.10. The Labute approximate surface area is 146 Å². The molecule has 2 aromatic carbocycles. The van der Waals surface area contributed by atoms with Crippen molar-refractivity contribution in [2.75, 3.05) is 6.54 Å². The minimum absolute atomic E-state index is 0.124. The van der Waals surface area contributed by atoms with Crippen LogP contribution in [0.15, 0.2) is 84.0 Å². The highest BCUT2D eigenvalue weighted by molar-refractivity contribution is 7.89. The highest BCUT2D eigenvalue weighted by atomic mass is 32.2. The van der Waals surface area contributed by atoms with Crippen molar-refractivity contribution in [1.29, 1.82) is 0 Å². The number of sulfonamides is 1. The molecule has 25 heavy (non-hydrogen) atoms. The molecule has 0 atom stereocenters. The zero-order valence-electron chi connectivity index (χ0n) is 13.3. The van der Waals surface area contributed by atoms with Crippen LogP contribution in [-0.4, -0.2) is 25.7 Å². The lowest BCUT2D eigenvalue weighted by Gasteiger charge is -2.07. The van der Waals surface area contributed by atoms with Crippen LogP contribution in [-0.2, 0) is 10.0 Å². The Morgan fingerprint density at radius 3 is 2.20 bits per heavy atom. The minimum Gasteiger partial charge on any atom is -0.293 e. The summed E-state index contributed by atoms with van der Waals surface area (Å²) in [7, 11) is -3.72. The molecule has 1 N–H and O–H groups in total. The van der Waals surface area contributed by atoms with Crippen LogP contribution in [0.4, 0.5) is 0 Å². The van der Waals surface area contributed by atoms with Gasteiger partial charge in [0.2, 0.25) is 10.0 Å². The Morgan fingerprint density at radius 2 is 1.52 bits per heavy atom. The van der Waals surface area contributed by atoms with Gasteiger partial charge in [-0.3, -0.25) is 9.78 Å². The van der Waals surface area contributed by atoms with Gasteiger partial charge < -0.3 is 0 Å². The Morgan fingerprint density at radius 1 is 0.880 bits per heavy atom. The van der Waals surface area contributed by atoms with E-state index < -0.39 is 10.0 Å². The molecule has 0 aliphatic carbocycles. The Balaban J connectivity index is 1.74. The molecule has 1 aromatic heterocycles. The maximum atomic E-state index is 12.3. The van der Waals surface area contributed by atoms with E-state index in [1.807, 2.05) is 30.3 Å². The second-order valence-corrected chi connectivity index (χ2v) is 7.16. The number of pyridine rings is 1. The molecule has 0 bridgehead atoms. The van der Waals surface area contributed by atoms with Crippen LogP contribution < -0.4 is 4.72 Å². The lowest BCUT2D eigenvalue weighted by atomic mass is 10.0. The van der Waals surface area contributed by atoms with E-state index in [-0.39, 0.29) is 17.2 Å². The monoisotopic (exact) mass is 352 g/mol.